The van der Waals surface area contributed by atoms with Crippen LogP contribution in [0.25, 0.3) is 55.8 Å². The number of aromatic amines is 2. The zero-order valence-corrected chi connectivity index (χ0v) is 24.8. The lowest BCUT2D eigenvalue weighted by atomic mass is 10.1. The summed E-state index contributed by atoms with van der Waals surface area (Å²) in [4.78, 5) is 36.0. The van der Waals surface area contributed by atoms with Gasteiger partial charge < -0.3 is 15.0 Å². The number of benzene rings is 1. The van der Waals surface area contributed by atoms with Crippen molar-refractivity contribution in [2.24, 2.45) is 0 Å². The second-order valence-electron chi connectivity index (χ2n) is 11.2. The van der Waals surface area contributed by atoms with Gasteiger partial charge in [0.25, 0.3) is 0 Å². The van der Waals surface area contributed by atoms with Crippen molar-refractivity contribution in [1.82, 2.24) is 40.0 Å². The van der Waals surface area contributed by atoms with E-state index in [-0.39, 0.29) is 5.91 Å². The number of rotatable bonds is 10. The molecule has 0 radical (unpaired) electrons. The molecule has 0 saturated carbocycles. The predicted molar refractivity (Wildman–Crippen MR) is 170 cm³/mol. The number of H-pyrrole nitrogens is 2. The molecule has 1 aliphatic rings. The minimum Gasteiger partial charge on any atom is -0.492 e. The molecule has 1 saturated heterocycles. The number of nitrogens with zero attached hydrogens (tertiary/aromatic N) is 6. The van der Waals surface area contributed by atoms with Gasteiger partial charge in [0.1, 0.15) is 23.9 Å². The van der Waals surface area contributed by atoms with Crippen LogP contribution in [0.3, 0.4) is 0 Å². The largest absolute Gasteiger partial charge is 0.492 e. The average molecular weight is 606 g/mol. The van der Waals surface area contributed by atoms with E-state index in [0.717, 1.165) is 42.5 Å². The number of ether oxygens (including phenoxy) is 1. The van der Waals surface area contributed by atoms with Crippen molar-refractivity contribution in [3.05, 3.63) is 67.1 Å². The number of hydrogen-bond donors (Lipinski definition) is 3. The Morgan fingerprint density at radius 2 is 1.87 bits per heavy atom. The maximum absolute atomic E-state index is 14.8. The van der Waals surface area contributed by atoms with E-state index in [4.69, 9.17) is 9.72 Å². The number of anilines is 1. The van der Waals surface area contributed by atoms with Crippen molar-refractivity contribution in [3.8, 4) is 39.7 Å². The molecule has 0 aliphatic carbocycles. The van der Waals surface area contributed by atoms with Crippen LogP contribution in [-0.4, -0.2) is 72.2 Å². The summed E-state index contributed by atoms with van der Waals surface area (Å²) in [5.41, 5.74) is 5.98. The van der Waals surface area contributed by atoms with Crippen LogP contribution in [0.15, 0.2) is 61.3 Å². The summed E-state index contributed by atoms with van der Waals surface area (Å²) < 4.78 is 20.7. The fraction of sp³-hybridized carbons (Fsp3) is 0.273. The summed E-state index contributed by atoms with van der Waals surface area (Å²) in [5, 5.41) is 11.2. The van der Waals surface area contributed by atoms with E-state index in [9.17, 15) is 9.18 Å². The third kappa shape index (κ3) is 6.09. The van der Waals surface area contributed by atoms with Crippen molar-refractivity contribution in [2.45, 2.75) is 32.6 Å². The zero-order chi connectivity index (χ0) is 30.8. The fourth-order valence-electron chi connectivity index (χ4n) is 5.71. The Bertz CT molecular complexity index is 2000. The van der Waals surface area contributed by atoms with Gasteiger partial charge in [0, 0.05) is 47.9 Å². The second-order valence-corrected chi connectivity index (χ2v) is 11.2. The summed E-state index contributed by atoms with van der Waals surface area (Å²) in [6, 6.07) is 8.45. The highest BCUT2D eigenvalue weighted by atomic mass is 19.1. The first-order valence-corrected chi connectivity index (χ1v) is 15.1. The molecule has 0 atom stereocenters. The Morgan fingerprint density at radius 3 is 2.73 bits per heavy atom. The first-order chi connectivity index (χ1) is 22.0. The van der Waals surface area contributed by atoms with Gasteiger partial charge in [-0.15, -0.1) is 0 Å². The normalized spacial score (nSPS) is 13.6. The summed E-state index contributed by atoms with van der Waals surface area (Å²) in [5.74, 6) is 0.548. The maximum atomic E-state index is 14.8. The highest BCUT2D eigenvalue weighted by Crippen LogP contribution is 2.34. The molecular weight excluding hydrogens is 573 g/mol. The number of amides is 1. The van der Waals surface area contributed by atoms with E-state index >= 15 is 0 Å². The Morgan fingerprint density at radius 1 is 1.00 bits per heavy atom. The van der Waals surface area contributed by atoms with Crippen LogP contribution in [0, 0.1) is 5.82 Å². The topological polar surface area (TPSA) is 138 Å². The van der Waals surface area contributed by atoms with Crippen LogP contribution >= 0.6 is 0 Å². The van der Waals surface area contributed by atoms with Gasteiger partial charge in [-0.3, -0.25) is 29.7 Å². The molecule has 12 heteroatoms. The lowest BCUT2D eigenvalue weighted by Crippen LogP contribution is -2.25. The molecule has 1 amide bonds. The standard InChI is InChI=1S/C33H32FN9O2/c1-2-5-30(44)38-23-11-21(15-35-16-23)27-14-25-28(19-37-27)41-42-32(25)33-39-29-18-36-17-26(31(29)40-33)20-10-22(34)13-24(12-20)45-9-8-43-6-3-4-7-43/h10-19H,2-9H2,1H3,(H,38,44)(H,39,40)(H,41,42). The smallest absolute Gasteiger partial charge is 0.224 e. The molecule has 1 aliphatic heterocycles. The molecule has 6 aromatic rings. The fourth-order valence-corrected chi connectivity index (χ4v) is 5.71. The summed E-state index contributed by atoms with van der Waals surface area (Å²) in [6.45, 7) is 5.44. The monoisotopic (exact) mass is 605 g/mol. The third-order valence-electron chi connectivity index (χ3n) is 7.92. The van der Waals surface area contributed by atoms with Crippen molar-refractivity contribution in [2.75, 3.05) is 31.6 Å². The number of halogens is 1. The summed E-state index contributed by atoms with van der Waals surface area (Å²) in [6.07, 6.45) is 12.0. The van der Waals surface area contributed by atoms with Crippen molar-refractivity contribution >= 4 is 33.5 Å². The van der Waals surface area contributed by atoms with Crippen LogP contribution in [0.4, 0.5) is 10.1 Å². The molecule has 5 aromatic heterocycles. The highest BCUT2D eigenvalue weighted by Gasteiger charge is 2.18. The molecule has 45 heavy (non-hydrogen) atoms. The van der Waals surface area contributed by atoms with Crippen LogP contribution in [0.5, 0.6) is 5.75 Å². The second kappa shape index (κ2) is 12.4. The Hall–Kier alpha value is -5.23. The van der Waals surface area contributed by atoms with Gasteiger partial charge in [-0.05, 0) is 62.2 Å². The quantitative estimate of drug-likeness (QED) is 0.174. The van der Waals surface area contributed by atoms with Gasteiger partial charge in [0.05, 0.1) is 46.5 Å². The van der Waals surface area contributed by atoms with E-state index in [1.54, 1.807) is 31.0 Å². The van der Waals surface area contributed by atoms with Crippen molar-refractivity contribution in [1.29, 1.82) is 0 Å². The first kappa shape index (κ1) is 28.5. The number of pyridine rings is 3. The van der Waals surface area contributed by atoms with Gasteiger partial charge in [0.15, 0.2) is 5.82 Å². The number of aromatic nitrogens is 7. The number of fused-ring (bicyclic) bond motifs is 2. The number of imidazole rings is 1. The van der Waals surface area contributed by atoms with Gasteiger partial charge in [-0.1, -0.05) is 6.92 Å². The van der Waals surface area contributed by atoms with E-state index in [0.29, 0.717) is 63.8 Å². The molecule has 11 nitrogen and oxygen atoms in total. The molecule has 0 bridgehead atoms. The SMILES string of the molecule is CCCC(=O)Nc1cncc(-c2cc3c(-c4nc5c(-c6cc(F)cc(OCCN7CCCC7)c6)cncc5[nH]4)n[nH]c3cn2)c1. The van der Waals surface area contributed by atoms with E-state index in [2.05, 4.69) is 40.3 Å². The average Bonchev–Trinajstić information content (AvgIpc) is 3.80. The molecule has 0 spiro atoms. The molecule has 0 unspecified atom stereocenters. The number of carbonyl (C=O) groups excluding carboxylic acids is 1. The number of nitrogens with one attached hydrogen (secondary N) is 3. The molecule has 7 rings (SSSR count). The zero-order valence-electron chi connectivity index (χ0n) is 24.8. The van der Waals surface area contributed by atoms with Gasteiger partial charge >= 0.3 is 0 Å². The van der Waals surface area contributed by atoms with Crippen molar-refractivity contribution < 1.29 is 13.9 Å². The Labute approximate surface area is 258 Å². The van der Waals surface area contributed by atoms with E-state index in [1.807, 2.05) is 25.1 Å². The van der Waals surface area contributed by atoms with Crippen LogP contribution in [0.2, 0.25) is 0 Å². The van der Waals surface area contributed by atoms with E-state index < -0.39 is 5.82 Å². The minimum atomic E-state index is -0.391. The summed E-state index contributed by atoms with van der Waals surface area (Å²) in [7, 11) is 0. The number of likely N-dealkylation sites (tertiary alicyclic amines) is 1. The molecule has 6 heterocycles. The number of carbonyl (C=O) groups is 1. The third-order valence-corrected chi connectivity index (χ3v) is 7.92. The first-order valence-electron chi connectivity index (χ1n) is 15.1. The van der Waals surface area contributed by atoms with Crippen LogP contribution in [0.1, 0.15) is 32.6 Å². The van der Waals surface area contributed by atoms with Gasteiger partial charge in [0.2, 0.25) is 5.91 Å². The molecular formula is C33H32FN9O2. The van der Waals surface area contributed by atoms with Gasteiger partial charge in [-0.25, -0.2) is 9.37 Å². The van der Waals surface area contributed by atoms with Gasteiger partial charge in [-0.2, -0.15) is 5.10 Å². The molecule has 1 fully saturated rings. The number of hydrogen-bond acceptors (Lipinski definition) is 8. The molecule has 228 valence electrons. The Balaban J connectivity index is 1.19. The molecule has 3 N–H and O–H groups in total. The van der Waals surface area contributed by atoms with E-state index in [1.165, 1.54) is 25.0 Å². The highest BCUT2D eigenvalue weighted by molar-refractivity contribution is 5.97. The van der Waals surface area contributed by atoms with Crippen molar-refractivity contribution in [3.63, 3.8) is 0 Å². The minimum absolute atomic E-state index is 0.0600. The lowest BCUT2D eigenvalue weighted by Gasteiger charge is -2.15. The van der Waals surface area contributed by atoms with Crippen LogP contribution < -0.4 is 10.1 Å². The lowest BCUT2D eigenvalue weighted by molar-refractivity contribution is -0.116. The predicted octanol–water partition coefficient (Wildman–Crippen LogP) is 5.98. The molecule has 1 aromatic carbocycles. The Kier molecular flexibility index (Phi) is 7.87. The summed E-state index contributed by atoms with van der Waals surface area (Å²) >= 11 is 0. The maximum Gasteiger partial charge on any atom is 0.224 e. The van der Waals surface area contributed by atoms with Crippen LogP contribution in [-0.2, 0) is 4.79 Å².